The van der Waals surface area contributed by atoms with Gasteiger partial charge in [0.15, 0.2) is 0 Å². The third-order valence-corrected chi connectivity index (χ3v) is 3.28. The lowest BCUT2D eigenvalue weighted by atomic mass is 10.1. The van der Waals surface area contributed by atoms with Crippen LogP contribution in [0.1, 0.15) is 25.0 Å². The summed E-state index contributed by atoms with van der Waals surface area (Å²) in [6.07, 6.45) is 1.19. The number of thiophene rings is 1. The van der Waals surface area contributed by atoms with Crippen molar-refractivity contribution >= 4 is 11.3 Å². The van der Waals surface area contributed by atoms with Crippen molar-refractivity contribution in [2.24, 2.45) is 5.73 Å². The summed E-state index contributed by atoms with van der Waals surface area (Å²) in [6, 6.07) is 2.09. The van der Waals surface area contributed by atoms with Crippen molar-refractivity contribution in [3.05, 3.63) is 22.4 Å². The van der Waals surface area contributed by atoms with Crippen molar-refractivity contribution < 1.29 is 9.47 Å². The maximum atomic E-state index is 5.97. The number of hydrogen-bond acceptors (Lipinski definition) is 4. The zero-order valence-corrected chi connectivity index (χ0v) is 9.70. The second-order valence-corrected chi connectivity index (χ2v) is 4.74. The molecule has 0 saturated carbocycles. The molecular formula is C11H17NO2S. The van der Waals surface area contributed by atoms with Crippen LogP contribution in [0.25, 0.3) is 0 Å². The van der Waals surface area contributed by atoms with Crippen molar-refractivity contribution in [3.8, 4) is 0 Å². The summed E-state index contributed by atoms with van der Waals surface area (Å²) in [7, 11) is 0. The van der Waals surface area contributed by atoms with Crippen LogP contribution in [-0.4, -0.2) is 25.4 Å². The van der Waals surface area contributed by atoms with Crippen LogP contribution in [0.5, 0.6) is 0 Å². The smallest absolute Gasteiger partial charge is 0.0985 e. The average Bonchev–Trinajstić information content (AvgIpc) is 2.87. The van der Waals surface area contributed by atoms with Gasteiger partial charge >= 0.3 is 0 Å². The van der Waals surface area contributed by atoms with E-state index in [-0.39, 0.29) is 18.2 Å². The second kappa shape index (κ2) is 5.07. The molecule has 0 aliphatic carbocycles. The van der Waals surface area contributed by atoms with Crippen LogP contribution in [0.2, 0.25) is 0 Å². The fraction of sp³-hybridized carbons (Fsp3) is 0.636. The summed E-state index contributed by atoms with van der Waals surface area (Å²) >= 11 is 1.68. The normalized spacial score (nSPS) is 25.3. The third kappa shape index (κ3) is 2.78. The zero-order chi connectivity index (χ0) is 10.7. The Balaban J connectivity index is 2.00. The van der Waals surface area contributed by atoms with Crippen LogP contribution in [0, 0.1) is 0 Å². The Labute approximate surface area is 94.2 Å². The molecule has 1 saturated heterocycles. The SMILES string of the molecule is CC(N)C(OC1CCOC1)c1ccsc1. The maximum Gasteiger partial charge on any atom is 0.0985 e. The zero-order valence-electron chi connectivity index (χ0n) is 8.89. The highest BCUT2D eigenvalue weighted by Gasteiger charge is 2.24. The number of nitrogens with two attached hydrogens (primary N) is 1. The van der Waals surface area contributed by atoms with Gasteiger partial charge < -0.3 is 15.2 Å². The Morgan fingerprint density at radius 3 is 3.07 bits per heavy atom. The minimum atomic E-state index is 0.00273. The van der Waals surface area contributed by atoms with Gasteiger partial charge in [0.1, 0.15) is 0 Å². The van der Waals surface area contributed by atoms with E-state index in [1.807, 2.05) is 6.92 Å². The van der Waals surface area contributed by atoms with Crippen LogP contribution in [0.15, 0.2) is 16.8 Å². The highest BCUT2D eigenvalue weighted by molar-refractivity contribution is 7.07. The van der Waals surface area contributed by atoms with E-state index in [0.29, 0.717) is 6.61 Å². The molecule has 2 N–H and O–H groups in total. The number of rotatable bonds is 4. The van der Waals surface area contributed by atoms with Gasteiger partial charge in [-0.3, -0.25) is 0 Å². The molecule has 0 aromatic carbocycles. The molecule has 3 atom stereocenters. The maximum absolute atomic E-state index is 5.97. The van der Waals surface area contributed by atoms with Gasteiger partial charge in [0, 0.05) is 12.6 Å². The van der Waals surface area contributed by atoms with Crippen molar-refractivity contribution in [2.75, 3.05) is 13.2 Å². The van der Waals surface area contributed by atoms with Crippen molar-refractivity contribution in [1.82, 2.24) is 0 Å². The van der Waals surface area contributed by atoms with Crippen molar-refractivity contribution in [3.63, 3.8) is 0 Å². The van der Waals surface area contributed by atoms with Crippen LogP contribution < -0.4 is 5.73 Å². The highest BCUT2D eigenvalue weighted by Crippen LogP contribution is 2.26. The van der Waals surface area contributed by atoms with Crippen LogP contribution in [-0.2, 0) is 9.47 Å². The van der Waals surface area contributed by atoms with Gasteiger partial charge in [-0.1, -0.05) is 0 Å². The van der Waals surface area contributed by atoms with E-state index in [0.717, 1.165) is 13.0 Å². The molecule has 4 heteroatoms. The minimum Gasteiger partial charge on any atom is -0.379 e. The molecule has 1 aromatic rings. The molecule has 3 nitrogen and oxygen atoms in total. The largest absolute Gasteiger partial charge is 0.379 e. The molecule has 15 heavy (non-hydrogen) atoms. The Morgan fingerprint density at radius 2 is 2.53 bits per heavy atom. The Kier molecular flexibility index (Phi) is 3.75. The molecule has 2 rings (SSSR count). The van der Waals surface area contributed by atoms with Gasteiger partial charge in [-0.2, -0.15) is 11.3 Å². The third-order valence-electron chi connectivity index (χ3n) is 2.58. The quantitative estimate of drug-likeness (QED) is 0.855. The van der Waals surface area contributed by atoms with Gasteiger partial charge in [-0.15, -0.1) is 0 Å². The Hall–Kier alpha value is -0.420. The summed E-state index contributed by atoms with van der Waals surface area (Å²) in [5, 5.41) is 4.16. The second-order valence-electron chi connectivity index (χ2n) is 3.96. The molecule has 1 aliphatic rings. The first-order valence-electron chi connectivity index (χ1n) is 5.28. The van der Waals surface area contributed by atoms with Crippen LogP contribution >= 0.6 is 11.3 Å². The summed E-state index contributed by atoms with van der Waals surface area (Å²) in [6.45, 7) is 3.49. The van der Waals surface area contributed by atoms with E-state index in [1.165, 1.54) is 5.56 Å². The summed E-state index contributed by atoms with van der Waals surface area (Å²) < 4.78 is 11.3. The molecule has 0 radical (unpaired) electrons. The lowest BCUT2D eigenvalue weighted by Gasteiger charge is -2.23. The molecule has 1 aromatic heterocycles. The fourth-order valence-corrected chi connectivity index (χ4v) is 2.45. The monoisotopic (exact) mass is 227 g/mol. The van der Waals surface area contributed by atoms with E-state index >= 15 is 0 Å². The summed E-state index contributed by atoms with van der Waals surface area (Å²) in [5.74, 6) is 0. The molecular weight excluding hydrogens is 210 g/mol. The minimum absolute atomic E-state index is 0.00273. The van der Waals surface area contributed by atoms with E-state index in [9.17, 15) is 0 Å². The molecule has 84 valence electrons. The molecule has 1 fully saturated rings. The van der Waals surface area contributed by atoms with E-state index in [4.69, 9.17) is 15.2 Å². The lowest BCUT2D eigenvalue weighted by Crippen LogP contribution is -2.30. The van der Waals surface area contributed by atoms with Crippen molar-refractivity contribution in [1.29, 1.82) is 0 Å². The topological polar surface area (TPSA) is 44.5 Å². The predicted molar refractivity (Wildman–Crippen MR) is 61.0 cm³/mol. The average molecular weight is 227 g/mol. The molecule has 1 aliphatic heterocycles. The summed E-state index contributed by atoms with van der Waals surface area (Å²) in [5.41, 5.74) is 7.13. The van der Waals surface area contributed by atoms with Crippen molar-refractivity contribution in [2.45, 2.75) is 31.6 Å². The van der Waals surface area contributed by atoms with E-state index < -0.39 is 0 Å². The first kappa shape index (κ1) is 11.1. The van der Waals surface area contributed by atoms with Gasteiger partial charge in [-0.05, 0) is 35.7 Å². The fourth-order valence-electron chi connectivity index (χ4n) is 1.77. The van der Waals surface area contributed by atoms with E-state index in [2.05, 4.69) is 16.8 Å². The first-order chi connectivity index (χ1) is 7.27. The van der Waals surface area contributed by atoms with Gasteiger partial charge in [0.25, 0.3) is 0 Å². The summed E-state index contributed by atoms with van der Waals surface area (Å²) in [4.78, 5) is 0. The van der Waals surface area contributed by atoms with E-state index in [1.54, 1.807) is 11.3 Å². The highest BCUT2D eigenvalue weighted by atomic mass is 32.1. The van der Waals surface area contributed by atoms with Gasteiger partial charge in [0.05, 0.1) is 18.8 Å². The molecule has 3 unspecified atom stereocenters. The van der Waals surface area contributed by atoms with Crippen LogP contribution in [0.4, 0.5) is 0 Å². The Morgan fingerprint density at radius 1 is 1.67 bits per heavy atom. The standard InChI is InChI=1S/C11H17NO2S/c1-8(12)11(9-3-5-15-7-9)14-10-2-4-13-6-10/h3,5,7-8,10-11H,2,4,6,12H2,1H3. The Bertz CT molecular complexity index is 281. The number of ether oxygens (including phenoxy) is 2. The van der Waals surface area contributed by atoms with Crippen LogP contribution in [0.3, 0.4) is 0 Å². The molecule has 0 amide bonds. The lowest BCUT2D eigenvalue weighted by molar-refractivity contribution is -0.0267. The van der Waals surface area contributed by atoms with Gasteiger partial charge in [-0.25, -0.2) is 0 Å². The number of hydrogen-bond donors (Lipinski definition) is 1. The first-order valence-corrected chi connectivity index (χ1v) is 6.22. The molecule has 0 bridgehead atoms. The van der Waals surface area contributed by atoms with Gasteiger partial charge in [0.2, 0.25) is 0 Å². The molecule has 0 spiro atoms. The predicted octanol–water partition coefficient (Wildman–Crippen LogP) is 1.94. The molecule has 2 heterocycles.